The lowest BCUT2D eigenvalue weighted by Gasteiger charge is -2.22. The van der Waals surface area contributed by atoms with Gasteiger partial charge in [-0.2, -0.15) is 11.3 Å². The minimum Gasteiger partial charge on any atom is -0.387 e. The van der Waals surface area contributed by atoms with Gasteiger partial charge in [-0.25, -0.2) is 0 Å². The molecular weight excluding hydrogens is 218 g/mol. The first-order valence-corrected chi connectivity index (χ1v) is 7.21. The van der Waals surface area contributed by atoms with E-state index in [9.17, 15) is 5.11 Å². The van der Waals surface area contributed by atoms with Crippen LogP contribution in [-0.2, 0) is 0 Å². The summed E-state index contributed by atoms with van der Waals surface area (Å²) < 4.78 is 0. The molecule has 1 aromatic rings. The molecule has 2 N–H and O–H groups in total. The summed E-state index contributed by atoms with van der Waals surface area (Å²) >= 11 is 1.64. The third-order valence-corrected chi connectivity index (χ3v) is 4.12. The van der Waals surface area contributed by atoms with Crippen molar-refractivity contribution in [2.45, 2.75) is 38.2 Å². The van der Waals surface area contributed by atoms with Crippen molar-refractivity contribution in [3.63, 3.8) is 0 Å². The highest BCUT2D eigenvalue weighted by Gasteiger charge is 2.14. The normalized spacial score (nSPS) is 19.8. The third-order valence-electron chi connectivity index (χ3n) is 3.42. The Labute approximate surface area is 102 Å². The summed E-state index contributed by atoms with van der Waals surface area (Å²) in [6, 6.07) is 2.00. The molecule has 0 aliphatic heterocycles. The molecule has 1 heterocycles. The van der Waals surface area contributed by atoms with Gasteiger partial charge in [-0.15, -0.1) is 0 Å². The van der Waals surface area contributed by atoms with Gasteiger partial charge in [0.05, 0.1) is 6.10 Å². The second-order valence-electron chi connectivity index (χ2n) is 4.73. The van der Waals surface area contributed by atoms with Crippen molar-refractivity contribution in [3.8, 4) is 0 Å². The molecule has 3 heteroatoms. The van der Waals surface area contributed by atoms with E-state index in [1.165, 1.54) is 32.1 Å². The summed E-state index contributed by atoms with van der Waals surface area (Å²) in [6.07, 6.45) is 6.57. The van der Waals surface area contributed by atoms with E-state index in [2.05, 4.69) is 5.32 Å². The van der Waals surface area contributed by atoms with Gasteiger partial charge in [0, 0.05) is 6.54 Å². The van der Waals surface area contributed by atoms with Crippen molar-refractivity contribution in [1.82, 2.24) is 5.32 Å². The predicted molar refractivity (Wildman–Crippen MR) is 68.7 cm³/mol. The molecule has 1 atom stereocenters. The molecule has 0 amide bonds. The summed E-state index contributed by atoms with van der Waals surface area (Å²) in [5.41, 5.74) is 1.04. The third kappa shape index (κ3) is 3.58. The average molecular weight is 239 g/mol. The molecule has 1 saturated carbocycles. The van der Waals surface area contributed by atoms with E-state index in [-0.39, 0.29) is 6.10 Å². The predicted octanol–water partition coefficient (Wildman–Crippen LogP) is 2.95. The van der Waals surface area contributed by atoms with Crippen molar-refractivity contribution >= 4 is 11.3 Å². The lowest BCUT2D eigenvalue weighted by molar-refractivity contribution is 0.171. The molecule has 90 valence electrons. The number of aliphatic hydroxyl groups excluding tert-OH is 1. The molecule has 0 spiro atoms. The first-order valence-electron chi connectivity index (χ1n) is 6.27. The zero-order valence-corrected chi connectivity index (χ0v) is 10.5. The number of rotatable bonds is 5. The van der Waals surface area contributed by atoms with Gasteiger partial charge in [0.15, 0.2) is 0 Å². The van der Waals surface area contributed by atoms with E-state index in [0.717, 1.165) is 18.0 Å². The number of hydrogen-bond acceptors (Lipinski definition) is 3. The standard InChI is InChI=1S/C13H21NOS/c15-13(12-6-7-16-10-12)9-14-8-11-4-2-1-3-5-11/h6-7,10-11,13-15H,1-5,8-9H2. The van der Waals surface area contributed by atoms with Crippen LogP contribution in [0.3, 0.4) is 0 Å². The maximum Gasteiger partial charge on any atom is 0.0922 e. The topological polar surface area (TPSA) is 32.3 Å². The zero-order valence-electron chi connectivity index (χ0n) is 9.69. The Kier molecular flexibility index (Phi) is 4.82. The lowest BCUT2D eigenvalue weighted by atomic mass is 9.89. The molecule has 1 aliphatic carbocycles. The van der Waals surface area contributed by atoms with Gasteiger partial charge in [0.2, 0.25) is 0 Å². The minimum absolute atomic E-state index is 0.338. The van der Waals surface area contributed by atoms with Gasteiger partial charge in [0.25, 0.3) is 0 Å². The van der Waals surface area contributed by atoms with Gasteiger partial charge < -0.3 is 10.4 Å². The summed E-state index contributed by atoms with van der Waals surface area (Å²) in [5.74, 6) is 0.837. The fourth-order valence-corrected chi connectivity index (χ4v) is 3.10. The fraction of sp³-hybridized carbons (Fsp3) is 0.692. The number of aliphatic hydroxyl groups is 1. The highest BCUT2D eigenvalue weighted by molar-refractivity contribution is 7.07. The molecule has 2 rings (SSSR count). The van der Waals surface area contributed by atoms with Crippen LogP contribution in [0, 0.1) is 5.92 Å². The van der Waals surface area contributed by atoms with Gasteiger partial charge >= 0.3 is 0 Å². The van der Waals surface area contributed by atoms with E-state index in [0.29, 0.717) is 6.54 Å². The Morgan fingerprint density at radius 1 is 1.38 bits per heavy atom. The molecule has 0 saturated heterocycles. The van der Waals surface area contributed by atoms with Crippen LogP contribution in [0.5, 0.6) is 0 Å². The van der Waals surface area contributed by atoms with Crippen molar-refractivity contribution in [2.75, 3.05) is 13.1 Å². The molecule has 1 unspecified atom stereocenters. The Bertz CT molecular complexity index is 280. The van der Waals surface area contributed by atoms with Crippen molar-refractivity contribution < 1.29 is 5.11 Å². The van der Waals surface area contributed by atoms with Gasteiger partial charge in [-0.1, -0.05) is 19.3 Å². The number of thiophene rings is 1. The van der Waals surface area contributed by atoms with Crippen LogP contribution in [0.2, 0.25) is 0 Å². The quantitative estimate of drug-likeness (QED) is 0.828. The first kappa shape index (κ1) is 12.1. The van der Waals surface area contributed by atoms with E-state index in [4.69, 9.17) is 0 Å². The van der Waals surface area contributed by atoms with Gasteiger partial charge in [-0.3, -0.25) is 0 Å². The van der Waals surface area contributed by atoms with Crippen LogP contribution in [0.4, 0.5) is 0 Å². The molecule has 0 radical (unpaired) electrons. The van der Waals surface area contributed by atoms with Gasteiger partial charge in [-0.05, 0) is 47.7 Å². The summed E-state index contributed by atoms with van der Waals surface area (Å²) in [6.45, 7) is 1.76. The van der Waals surface area contributed by atoms with Crippen molar-refractivity contribution in [1.29, 1.82) is 0 Å². The van der Waals surface area contributed by atoms with Crippen LogP contribution in [0.15, 0.2) is 16.8 Å². The molecule has 0 bridgehead atoms. The molecular formula is C13H21NOS. The maximum absolute atomic E-state index is 9.88. The summed E-state index contributed by atoms with van der Waals surface area (Å²) in [5, 5.41) is 17.3. The molecule has 1 fully saturated rings. The van der Waals surface area contributed by atoms with Crippen molar-refractivity contribution in [2.24, 2.45) is 5.92 Å². The SMILES string of the molecule is OC(CNCC1CCCCC1)c1ccsc1. The van der Waals surface area contributed by atoms with E-state index in [1.54, 1.807) is 11.3 Å². The molecule has 2 nitrogen and oxygen atoms in total. The van der Waals surface area contributed by atoms with Gasteiger partial charge in [0.1, 0.15) is 0 Å². The van der Waals surface area contributed by atoms with E-state index >= 15 is 0 Å². The highest BCUT2D eigenvalue weighted by Crippen LogP contribution is 2.23. The molecule has 1 aromatic heterocycles. The lowest BCUT2D eigenvalue weighted by Crippen LogP contribution is -2.28. The second-order valence-corrected chi connectivity index (χ2v) is 5.51. The second kappa shape index (κ2) is 6.38. The average Bonchev–Trinajstić information content (AvgIpc) is 2.84. The summed E-state index contributed by atoms with van der Waals surface area (Å²) in [4.78, 5) is 0. The largest absolute Gasteiger partial charge is 0.387 e. The number of nitrogens with one attached hydrogen (secondary N) is 1. The van der Waals surface area contributed by atoms with Crippen LogP contribution in [0.25, 0.3) is 0 Å². The molecule has 1 aliphatic rings. The Hall–Kier alpha value is -0.380. The highest BCUT2D eigenvalue weighted by atomic mass is 32.1. The maximum atomic E-state index is 9.88. The van der Waals surface area contributed by atoms with Crippen molar-refractivity contribution in [3.05, 3.63) is 22.4 Å². The fourth-order valence-electron chi connectivity index (χ4n) is 2.40. The minimum atomic E-state index is -0.338. The number of hydrogen-bond donors (Lipinski definition) is 2. The van der Waals surface area contributed by atoms with Crippen LogP contribution >= 0.6 is 11.3 Å². The molecule has 0 aromatic carbocycles. The Balaban J connectivity index is 1.63. The Morgan fingerprint density at radius 3 is 2.88 bits per heavy atom. The van der Waals surface area contributed by atoms with E-state index < -0.39 is 0 Å². The zero-order chi connectivity index (χ0) is 11.2. The van der Waals surface area contributed by atoms with E-state index in [1.807, 2.05) is 16.8 Å². The van der Waals surface area contributed by atoms with Crippen LogP contribution in [0.1, 0.15) is 43.8 Å². The summed E-state index contributed by atoms with van der Waals surface area (Å²) in [7, 11) is 0. The van der Waals surface area contributed by atoms with Crippen LogP contribution in [-0.4, -0.2) is 18.2 Å². The Morgan fingerprint density at radius 2 is 2.19 bits per heavy atom. The smallest absolute Gasteiger partial charge is 0.0922 e. The molecule has 16 heavy (non-hydrogen) atoms. The first-order chi connectivity index (χ1) is 7.86. The monoisotopic (exact) mass is 239 g/mol. The van der Waals surface area contributed by atoms with Crippen LogP contribution < -0.4 is 5.32 Å².